The zero-order valence-corrected chi connectivity index (χ0v) is 11.2. The topological polar surface area (TPSA) is 61.2 Å². The highest BCUT2D eigenvalue weighted by atomic mass is 32.2. The second-order valence-electron chi connectivity index (χ2n) is 3.46. The highest BCUT2D eigenvalue weighted by molar-refractivity contribution is 7.87. The van der Waals surface area contributed by atoms with E-state index in [2.05, 4.69) is 0 Å². The van der Waals surface area contributed by atoms with Crippen molar-refractivity contribution in [3.63, 3.8) is 0 Å². The molecule has 1 unspecified atom stereocenters. The normalized spacial score (nSPS) is 11.8. The molecule has 0 saturated carbocycles. The van der Waals surface area contributed by atoms with E-state index < -0.39 is 10.8 Å². The lowest BCUT2D eigenvalue weighted by Gasteiger charge is -2.14. The van der Waals surface area contributed by atoms with E-state index >= 15 is 0 Å². The van der Waals surface area contributed by atoms with Crippen molar-refractivity contribution >= 4 is 28.0 Å². The smallest absolute Gasteiger partial charge is 0.223 e. The Kier molecular flexibility index (Phi) is 5.87. The van der Waals surface area contributed by atoms with E-state index in [9.17, 15) is 9.00 Å². The van der Waals surface area contributed by atoms with Crippen LogP contribution in [0.25, 0.3) is 0 Å². The molecule has 1 atom stereocenters. The molecule has 0 aromatic carbocycles. The molecule has 6 heteroatoms. The molecule has 0 aliphatic carbocycles. The predicted octanol–water partition coefficient (Wildman–Crippen LogP) is 1.62. The summed E-state index contributed by atoms with van der Waals surface area (Å²) >= 11 is 1.44. The molecule has 4 nitrogen and oxygen atoms in total. The number of carbonyl (C=O) groups excluding carboxylic acids is 1. The average molecular weight is 270 g/mol. The van der Waals surface area contributed by atoms with Crippen LogP contribution in [0.5, 0.6) is 0 Å². The third-order valence-electron chi connectivity index (χ3n) is 2.21. The molecular formula is C11H14N2O2S2. The lowest BCUT2D eigenvalue weighted by Crippen LogP contribution is -2.28. The van der Waals surface area contributed by atoms with E-state index in [-0.39, 0.29) is 12.3 Å². The Morgan fingerprint density at radius 1 is 1.65 bits per heavy atom. The van der Waals surface area contributed by atoms with Crippen LogP contribution in [0.4, 0.5) is 0 Å². The first-order valence-corrected chi connectivity index (χ1v) is 7.38. The predicted molar refractivity (Wildman–Crippen MR) is 68.1 cm³/mol. The number of hydrogen-bond acceptors (Lipinski definition) is 4. The van der Waals surface area contributed by atoms with E-state index in [0.29, 0.717) is 18.7 Å². The SMILES string of the molecule is CN(CCC#N)C(=O)CCS(=O)c1cccs1. The monoisotopic (exact) mass is 270 g/mol. The van der Waals surface area contributed by atoms with Crippen LogP contribution >= 0.6 is 11.3 Å². The Balaban J connectivity index is 2.33. The maximum atomic E-state index is 11.7. The van der Waals surface area contributed by atoms with Crippen molar-refractivity contribution in [2.24, 2.45) is 0 Å². The molecular weight excluding hydrogens is 256 g/mol. The van der Waals surface area contributed by atoms with Crippen LogP contribution in [0, 0.1) is 11.3 Å². The van der Waals surface area contributed by atoms with Gasteiger partial charge in [0.15, 0.2) is 0 Å². The van der Waals surface area contributed by atoms with Crippen molar-refractivity contribution in [2.45, 2.75) is 17.1 Å². The summed E-state index contributed by atoms with van der Waals surface area (Å²) in [7, 11) is 0.571. The van der Waals surface area contributed by atoms with Crippen LogP contribution in [0.15, 0.2) is 21.7 Å². The summed E-state index contributed by atoms with van der Waals surface area (Å²) in [5, 5.41) is 10.3. The quantitative estimate of drug-likeness (QED) is 0.789. The van der Waals surface area contributed by atoms with Gasteiger partial charge in [-0.2, -0.15) is 5.26 Å². The molecule has 1 rings (SSSR count). The zero-order chi connectivity index (χ0) is 12.7. The van der Waals surface area contributed by atoms with Gasteiger partial charge in [0.2, 0.25) is 5.91 Å². The van der Waals surface area contributed by atoms with E-state index in [1.807, 2.05) is 23.6 Å². The molecule has 1 heterocycles. The Hall–Kier alpha value is -1.19. The molecule has 1 amide bonds. The van der Waals surface area contributed by atoms with Crippen molar-refractivity contribution in [2.75, 3.05) is 19.3 Å². The molecule has 1 aromatic heterocycles. The van der Waals surface area contributed by atoms with Crippen molar-refractivity contribution in [3.05, 3.63) is 17.5 Å². The lowest BCUT2D eigenvalue weighted by molar-refractivity contribution is -0.129. The number of nitriles is 1. The number of carbonyl (C=O) groups is 1. The summed E-state index contributed by atoms with van der Waals surface area (Å²) in [5.41, 5.74) is 0. The van der Waals surface area contributed by atoms with Crippen molar-refractivity contribution < 1.29 is 9.00 Å². The van der Waals surface area contributed by atoms with Crippen LogP contribution in [0.3, 0.4) is 0 Å². The van der Waals surface area contributed by atoms with Gasteiger partial charge in [-0.3, -0.25) is 9.00 Å². The third kappa shape index (κ3) is 4.67. The fourth-order valence-electron chi connectivity index (χ4n) is 1.21. The van der Waals surface area contributed by atoms with Gasteiger partial charge in [-0.25, -0.2) is 0 Å². The first kappa shape index (κ1) is 13.9. The minimum Gasteiger partial charge on any atom is -0.345 e. The Bertz CT molecular complexity index is 423. The molecule has 0 aliphatic rings. The molecule has 0 aliphatic heterocycles. The molecule has 0 saturated heterocycles. The molecule has 0 spiro atoms. The minimum absolute atomic E-state index is 0.0647. The molecule has 1 aromatic rings. The van der Waals surface area contributed by atoms with Gasteiger partial charge in [0.25, 0.3) is 0 Å². The fourth-order valence-corrected chi connectivity index (χ4v) is 3.29. The van der Waals surface area contributed by atoms with E-state index in [1.54, 1.807) is 7.05 Å². The number of rotatable bonds is 6. The molecule has 0 fully saturated rings. The maximum Gasteiger partial charge on any atom is 0.223 e. The minimum atomic E-state index is -1.09. The first-order chi connectivity index (χ1) is 8.15. The van der Waals surface area contributed by atoms with Crippen LogP contribution < -0.4 is 0 Å². The van der Waals surface area contributed by atoms with E-state index in [4.69, 9.17) is 5.26 Å². The number of thiophene rings is 1. The number of nitrogens with zero attached hydrogens (tertiary/aromatic N) is 2. The molecule has 92 valence electrons. The average Bonchev–Trinajstić information content (AvgIpc) is 2.86. The fraction of sp³-hybridized carbons (Fsp3) is 0.455. The van der Waals surface area contributed by atoms with Gasteiger partial charge in [0.1, 0.15) is 0 Å². The number of hydrogen-bond donors (Lipinski definition) is 0. The summed E-state index contributed by atoms with van der Waals surface area (Å²) in [6.07, 6.45) is 0.586. The van der Waals surface area contributed by atoms with Crippen LogP contribution in [0.2, 0.25) is 0 Å². The van der Waals surface area contributed by atoms with Crippen molar-refractivity contribution in [1.82, 2.24) is 4.90 Å². The highest BCUT2D eigenvalue weighted by Crippen LogP contribution is 2.14. The summed E-state index contributed by atoms with van der Waals surface area (Å²) in [6, 6.07) is 5.64. The molecule has 0 radical (unpaired) electrons. The lowest BCUT2D eigenvalue weighted by atomic mass is 10.3. The molecule has 17 heavy (non-hydrogen) atoms. The van der Waals surface area contributed by atoms with Gasteiger partial charge >= 0.3 is 0 Å². The second-order valence-corrected chi connectivity index (χ2v) is 6.20. The van der Waals surface area contributed by atoms with Gasteiger partial charge in [0.05, 0.1) is 27.5 Å². The molecule has 0 bridgehead atoms. The Labute approximate surface area is 107 Å². The summed E-state index contributed by atoms with van der Waals surface area (Å²) < 4.78 is 12.5. The maximum absolute atomic E-state index is 11.7. The van der Waals surface area contributed by atoms with Crippen LogP contribution in [-0.2, 0) is 15.6 Å². The second kappa shape index (κ2) is 7.20. The number of amides is 1. The summed E-state index contributed by atoms with van der Waals surface area (Å²) in [5.74, 6) is 0.279. The van der Waals surface area contributed by atoms with Crippen molar-refractivity contribution in [1.29, 1.82) is 5.26 Å². The van der Waals surface area contributed by atoms with E-state index in [1.165, 1.54) is 16.2 Å². The van der Waals surface area contributed by atoms with Crippen LogP contribution in [-0.4, -0.2) is 34.4 Å². The van der Waals surface area contributed by atoms with Gasteiger partial charge in [-0.1, -0.05) is 6.07 Å². The molecule has 0 N–H and O–H groups in total. The van der Waals surface area contributed by atoms with Gasteiger partial charge < -0.3 is 4.90 Å². The standard InChI is InChI=1S/C11H14N2O2S2/c1-13(7-3-6-12)10(14)5-9-17(15)11-4-2-8-16-11/h2,4,8H,3,5,7,9H2,1H3. The summed E-state index contributed by atoms with van der Waals surface area (Å²) in [6.45, 7) is 0.432. The van der Waals surface area contributed by atoms with Gasteiger partial charge in [-0.05, 0) is 11.4 Å². The third-order valence-corrected chi connectivity index (χ3v) is 4.87. The van der Waals surface area contributed by atoms with Crippen LogP contribution in [0.1, 0.15) is 12.8 Å². The van der Waals surface area contributed by atoms with Crippen molar-refractivity contribution in [3.8, 4) is 6.07 Å². The Morgan fingerprint density at radius 3 is 3.00 bits per heavy atom. The van der Waals surface area contributed by atoms with E-state index in [0.717, 1.165) is 4.21 Å². The largest absolute Gasteiger partial charge is 0.345 e. The highest BCUT2D eigenvalue weighted by Gasteiger charge is 2.11. The Morgan fingerprint density at radius 2 is 2.41 bits per heavy atom. The van der Waals surface area contributed by atoms with Gasteiger partial charge in [0, 0.05) is 25.8 Å². The summed E-state index contributed by atoms with van der Waals surface area (Å²) in [4.78, 5) is 13.1. The zero-order valence-electron chi connectivity index (χ0n) is 9.59. The van der Waals surface area contributed by atoms with Gasteiger partial charge in [-0.15, -0.1) is 11.3 Å². The first-order valence-electron chi connectivity index (χ1n) is 5.18.